The first-order valence-corrected chi connectivity index (χ1v) is 8.03. The molecule has 0 amide bonds. The zero-order valence-corrected chi connectivity index (χ0v) is 14.1. The van der Waals surface area contributed by atoms with Crippen molar-refractivity contribution >= 4 is 0 Å². The molecular formula is C18H32N2. The Morgan fingerprint density at radius 2 is 1.70 bits per heavy atom. The van der Waals surface area contributed by atoms with Crippen LogP contribution in [0.25, 0.3) is 0 Å². The van der Waals surface area contributed by atoms with Crippen molar-refractivity contribution in [1.29, 1.82) is 0 Å². The first-order valence-electron chi connectivity index (χ1n) is 8.03. The van der Waals surface area contributed by atoms with Crippen LogP contribution in [-0.2, 0) is 6.42 Å². The second-order valence-corrected chi connectivity index (χ2v) is 5.91. The highest BCUT2D eigenvalue weighted by Crippen LogP contribution is 2.23. The van der Waals surface area contributed by atoms with Crippen LogP contribution in [0.1, 0.15) is 57.7 Å². The standard InChI is InChI=1S/C18H32N2/c1-7-9-14(3)20(6)15(4)18(19-5)17-12-10-16(8-2)11-13-17/h10-15,18-19H,7-9H2,1-6H3. The van der Waals surface area contributed by atoms with Gasteiger partial charge in [-0.25, -0.2) is 0 Å². The fraction of sp³-hybridized carbons (Fsp3) is 0.667. The van der Waals surface area contributed by atoms with Gasteiger partial charge in [0, 0.05) is 18.1 Å². The molecule has 0 aliphatic rings. The molecule has 3 unspecified atom stereocenters. The van der Waals surface area contributed by atoms with E-state index < -0.39 is 0 Å². The number of hydrogen-bond acceptors (Lipinski definition) is 2. The predicted molar refractivity (Wildman–Crippen MR) is 89.2 cm³/mol. The molecular weight excluding hydrogens is 244 g/mol. The van der Waals surface area contributed by atoms with Gasteiger partial charge in [-0.15, -0.1) is 0 Å². The van der Waals surface area contributed by atoms with Crippen LogP contribution in [0.15, 0.2) is 24.3 Å². The van der Waals surface area contributed by atoms with Crippen molar-refractivity contribution in [3.63, 3.8) is 0 Å². The van der Waals surface area contributed by atoms with E-state index in [0.717, 1.165) is 6.42 Å². The molecule has 0 aliphatic carbocycles. The predicted octanol–water partition coefficient (Wildman–Crippen LogP) is 4.02. The van der Waals surface area contributed by atoms with Crippen molar-refractivity contribution in [3.8, 4) is 0 Å². The summed E-state index contributed by atoms with van der Waals surface area (Å²) in [7, 11) is 4.31. The molecule has 2 heteroatoms. The van der Waals surface area contributed by atoms with Crippen molar-refractivity contribution in [2.45, 2.75) is 65.1 Å². The summed E-state index contributed by atoms with van der Waals surface area (Å²) >= 11 is 0. The lowest BCUT2D eigenvalue weighted by Gasteiger charge is -2.36. The Hall–Kier alpha value is -0.860. The summed E-state index contributed by atoms with van der Waals surface area (Å²) < 4.78 is 0. The summed E-state index contributed by atoms with van der Waals surface area (Å²) in [5.74, 6) is 0. The molecule has 0 saturated heterocycles. The number of aryl methyl sites for hydroxylation is 1. The summed E-state index contributed by atoms with van der Waals surface area (Å²) in [6.07, 6.45) is 3.60. The van der Waals surface area contributed by atoms with Gasteiger partial charge in [-0.1, -0.05) is 44.5 Å². The largest absolute Gasteiger partial charge is 0.312 e. The zero-order chi connectivity index (χ0) is 15.1. The van der Waals surface area contributed by atoms with Crippen LogP contribution >= 0.6 is 0 Å². The van der Waals surface area contributed by atoms with Crippen LogP contribution in [-0.4, -0.2) is 31.1 Å². The quantitative estimate of drug-likeness (QED) is 0.771. The summed E-state index contributed by atoms with van der Waals surface area (Å²) in [6, 6.07) is 10.5. The average Bonchev–Trinajstić information content (AvgIpc) is 2.48. The van der Waals surface area contributed by atoms with E-state index in [9.17, 15) is 0 Å². The normalized spacial score (nSPS) is 16.1. The summed E-state index contributed by atoms with van der Waals surface area (Å²) in [6.45, 7) is 9.11. The molecule has 0 fully saturated rings. The van der Waals surface area contributed by atoms with E-state index >= 15 is 0 Å². The third kappa shape index (κ3) is 4.32. The highest BCUT2D eigenvalue weighted by Gasteiger charge is 2.24. The molecule has 0 radical (unpaired) electrons. The topological polar surface area (TPSA) is 15.3 Å². The van der Waals surface area contributed by atoms with Crippen LogP contribution in [0.2, 0.25) is 0 Å². The molecule has 1 aromatic carbocycles. The summed E-state index contributed by atoms with van der Waals surface area (Å²) in [5.41, 5.74) is 2.79. The maximum Gasteiger partial charge on any atom is 0.0472 e. The fourth-order valence-corrected chi connectivity index (χ4v) is 2.91. The lowest BCUT2D eigenvalue weighted by molar-refractivity contribution is 0.154. The minimum Gasteiger partial charge on any atom is -0.312 e. The Morgan fingerprint density at radius 1 is 1.10 bits per heavy atom. The van der Waals surface area contributed by atoms with E-state index in [0.29, 0.717) is 18.1 Å². The maximum atomic E-state index is 3.49. The number of nitrogens with zero attached hydrogens (tertiary/aromatic N) is 1. The number of likely N-dealkylation sites (N-methyl/N-ethyl adjacent to an activating group) is 2. The van der Waals surface area contributed by atoms with Crippen molar-refractivity contribution in [2.24, 2.45) is 0 Å². The van der Waals surface area contributed by atoms with Crippen molar-refractivity contribution < 1.29 is 0 Å². The van der Waals surface area contributed by atoms with Gasteiger partial charge >= 0.3 is 0 Å². The molecule has 3 atom stereocenters. The van der Waals surface area contributed by atoms with Gasteiger partial charge in [0.15, 0.2) is 0 Å². The lowest BCUT2D eigenvalue weighted by Crippen LogP contribution is -2.44. The molecule has 0 saturated carbocycles. The van der Waals surface area contributed by atoms with E-state index in [2.05, 4.69) is 76.3 Å². The first kappa shape index (κ1) is 17.2. The van der Waals surface area contributed by atoms with Gasteiger partial charge in [-0.05, 0) is 51.9 Å². The van der Waals surface area contributed by atoms with Gasteiger partial charge in [0.25, 0.3) is 0 Å². The molecule has 0 aromatic heterocycles. The molecule has 20 heavy (non-hydrogen) atoms. The molecule has 114 valence electrons. The van der Waals surface area contributed by atoms with Crippen LogP contribution in [0.3, 0.4) is 0 Å². The van der Waals surface area contributed by atoms with Crippen LogP contribution in [0.4, 0.5) is 0 Å². The van der Waals surface area contributed by atoms with Gasteiger partial charge < -0.3 is 5.32 Å². The Morgan fingerprint density at radius 3 is 2.15 bits per heavy atom. The van der Waals surface area contributed by atoms with Gasteiger partial charge in [-0.2, -0.15) is 0 Å². The number of benzene rings is 1. The average molecular weight is 276 g/mol. The Kier molecular flexibility index (Phi) is 7.25. The van der Waals surface area contributed by atoms with Gasteiger partial charge in [-0.3, -0.25) is 4.90 Å². The molecule has 0 aliphatic heterocycles. The second kappa shape index (κ2) is 8.43. The molecule has 1 aromatic rings. The lowest BCUT2D eigenvalue weighted by atomic mass is 9.96. The summed E-state index contributed by atoms with van der Waals surface area (Å²) in [4.78, 5) is 2.50. The minimum absolute atomic E-state index is 0.380. The zero-order valence-electron chi connectivity index (χ0n) is 14.1. The molecule has 0 spiro atoms. The minimum atomic E-state index is 0.380. The molecule has 1 rings (SSSR count). The Balaban J connectivity index is 2.82. The molecule has 0 bridgehead atoms. The summed E-state index contributed by atoms with van der Waals surface area (Å²) in [5, 5.41) is 3.49. The first-order chi connectivity index (χ1) is 9.54. The smallest absolute Gasteiger partial charge is 0.0472 e. The van der Waals surface area contributed by atoms with E-state index in [1.165, 1.54) is 24.0 Å². The van der Waals surface area contributed by atoms with E-state index in [1.54, 1.807) is 0 Å². The number of hydrogen-bond donors (Lipinski definition) is 1. The molecule has 1 N–H and O–H groups in total. The van der Waals surface area contributed by atoms with Crippen molar-refractivity contribution in [3.05, 3.63) is 35.4 Å². The van der Waals surface area contributed by atoms with Gasteiger partial charge in [0.05, 0.1) is 0 Å². The molecule has 2 nitrogen and oxygen atoms in total. The van der Waals surface area contributed by atoms with E-state index in [1.807, 2.05) is 0 Å². The van der Waals surface area contributed by atoms with Crippen LogP contribution < -0.4 is 5.32 Å². The second-order valence-electron chi connectivity index (χ2n) is 5.91. The van der Waals surface area contributed by atoms with E-state index in [-0.39, 0.29) is 0 Å². The third-order valence-corrected chi connectivity index (χ3v) is 4.58. The van der Waals surface area contributed by atoms with Gasteiger partial charge in [0.2, 0.25) is 0 Å². The van der Waals surface area contributed by atoms with E-state index in [4.69, 9.17) is 0 Å². The van der Waals surface area contributed by atoms with Crippen molar-refractivity contribution in [2.75, 3.05) is 14.1 Å². The van der Waals surface area contributed by atoms with Crippen molar-refractivity contribution in [1.82, 2.24) is 10.2 Å². The van der Waals surface area contributed by atoms with Crippen LogP contribution in [0, 0.1) is 0 Å². The third-order valence-electron chi connectivity index (χ3n) is 4.58. The van der Waals surface area contributed by atoms with Crippen LogP contribution in [0.5, 0.6) is 0 Å². The Bertz CT molecular complexity index is 372. The molecule has 0 heterocycles. The Labute approximate surface area is 125 Å². The SMILES string of the molecule is CCCC(C)N(C)C(C)C(NC)c1ccc(CC)cc1. The highest BCUT2D eigenvalue weighted by molar-refractivity contribution is 5.26. The monoisotopic (exact) mass is 276 g/mol. The number of rotatable bonds is 8. The van der Waals surface area contributed by atoms with Gasteiger partial charge in [0.1, 0.15) is 0 Å². The number of nitrogens with one attached hydrogen (secondary N) is 1. The fourth-order valence-electron chi connectivity index (χ4n) is 2.91. The maximum absolute atomic E-state index is 3.49. The highest BCUT2D eigenvalue weighted by atomic mass is 15.2.